The van der Waals surface area contributed by atoms with Crippen molar-refractivity contribution >= 4 is 11.6 Å². The zero-order valence-electron chi connectivity index (χ0n) is 11.5. The van der Waals surface area contributed by atoms with Gasteiger partial charge in [0, 0.05) is 12.2 Å². The van der Waals surface area contributed by atoms with Crippen LogP contribution in [-0.2, 0) is 11.2 Å². The monoisotopic (exact) mass is 266 g/mol. The predicted molar refractivity (Wildman–Crippen MR) is 81.5 cm³/mol. The number of primary amides is 1. The summed E-state index contributed by atoms with van der Waals surface area (Å²) in [6.45, 7) is 2.40. The highest BCUT2D eigenvalue weighted by molar-refractivity contribution is 5.79. The first-order valence-corrected chi connectivity index (χ1v) is 6.89. The van der Waals surface area contributed by atoms with Crippen LogP contribution >= 0.6 is 0 Å². The zero-order chi connectivity index (χ0) is 14.1. The van der Waals surface area contributed by atoms with Gasteiger partial charge >= 0.3 is 0 Å². The number of fused-ring (bicyclic) bond motifs is 3. The Labute approximate surface area is 118 Å². The molecule has 0 heterocycles. The second-order valence-corrected chi connectivity index (χ2v) is 5.39. The number of hydrogen-bond donors (Lipinski definition) is 2. The van der Waals surface area contributed by atoms with E-state index in [4.69, 9.17) is 5.73 Å². The normalized spacial score (nSPS) is 13.4. The first-order valence-electron chi connectivity index (χ1n) is 6.89. The molecule has 3 nitrogen and oxygen atoms in total. The molecule has 0 saturated carbocycles. The fraction of sp³-hybridized carbons (Fsp3) is 0.235. The van der Waals surface area contributed by atoms with E-state index < -0.39 is 0 Å². The summed E-state index contributed by atoms with van der Waals surface area (Å²) in [6.07, 6.45) is 0.979. The van der Waals surface area contributed by atoms with Gasteiger partial charge in [0.15, 0.2) is 0 Å². The fourth-order valence-electron chi connectivity index (χ4n) is 2.63. The fourth-order valence-corrected chi connectivity index (χ4v) is 2.63. The van der Waals surface area contributed by atoms with Crippen LogP contribution in [0.1, 0.15) is 18.1 Å². The summed E-state index contributed by atoms with van der Waals surface area (Å²) in [5, 5.41) is 3.28. The third-order valence-electron chi connectivity index (χ3n) is 3.89. The van der Waals surface area contributed by atoms with Crippen LogP contribution in [0.3, 0.4) is 0 Å². The second-order valence-electron chi connectivity index (χ2n) is 5.39. The Kier molecular flexibility index (Phi) is 3.18. The van der Waals surface area contributed by atoms with E-state index in [0.29, 0.717) is 6.54 Å². The van der Waals surface area contributed by atoms with E-state index in [1.54, 1.807) is 0 Å². The minimum atomic E-state index is -0.272. The number of benzene rings is 2. The Hall–Kier alpha value is -2.29. The lowest BCUT2D eigenvalue weighted by atomic mass is 10.1. The SMILES string of the molecule is CC(CNc1ccc2c(c1)Cc1ccccc1-2)C(N)=O. The highest BCUT2D eigenvalue weighted by atomic mass is 16.1. The van der Waals surface area contributed by atoms with Crippen LogP contribution in [0.5, 0.6) is 0 Å². The number of nitrogens with one attached hydrogen (secondary N) is 1. The molecule has 1 aliphatic rings. The van der Waals surface area contributed by atoms with Gasteiger partial charge in [0.2, 0.25) is 5.91 Å². The largest absolute Gasteiger partial charge is 0.384 e. The molecule has 20 heavy (non-hydrogen) atoms. The molecule has 0 fully saturated rings. The Morgan fingerprint density at radius 3 is 2.75 bits per heavy atom. The molecular formula is C17H18N2O. The van der Waals surface area contributed by atoms with Crippen molar-refractivity contribution in [3.8, 4) is 11.1 Å². The Bertz CT molecular complexity index is 664. The van der Waals surface area contributed by atoms with Crippen LogP contribution in [0.4, 0.5) is 5.69 Å². The quantitative estimate of drug-likeness (QED) is 0.763. The summed E-state index contributed by atoms with van der Waals surface area (Å²) in [4.78, 5) is 11.0. The van der Waals surface area contributed by atoms with Gasteiger partial charge in [-0.05, 0) is 40.8 Å². The Balaban J connectivity index is 1.79. The average Bonchev–Trinajstić information content (AvgIpc) is 2.82. The average molecular weight is 266 g/mol. The maximum Gasteiger partial charge on any atom is 0.222 e. The van der Waals surface area contributed by atoms with Crippen molar-refractivity contribution in [3.05, 3.63) is 53.6 Å². The van der Waals surface area contributed by atoms with Crippen LogP contribution in [0.25, 0.3) is 11.1 Å². The van der Waals surface area contributed by atoms with Gasteiger partial charge in [-0.25, -0.2) is 0 Å². The smallest absolute Gasteiger partial charge is 0.222 e. The van der Waals surface area contributed by atoms with Crippen molar-refractivity contribution < 1.29 is 4.79 Å². The third-order valence-corrected chi connectivity index (χ3v) is 3.89. The number of amides is 1. The first-order chi connectivity index (χ1) is 9.65. The van der Waals surface area contributed by atoms with Crippen molar-refractivity contribution in [3.63, 3.8) is 0 Å². The van der Waals surface area contributed by atoms with E-state index >= 15 is 0 Å². The topological polar surface area (TPSA) is 55.1 Å². The molecule has 1 aliphatic carbocycles. The molecule has 2 aromatic rings. The standard InChI is InChI=1S/C17H18N2O/c1-11(17(18)20)10-19-14-6-7-16-13(9-14)8-12-4-2-3-5-15(12)16/h2-7,9,11,19H,8,10H2,1H3,(H2,18,20). The van der Waals surface area contributed by atoms with E-state index in [-0.39, 0.29) is 11.8 Å². The van der Waals surface area contributed by atoms with E-state index in [1.807, 2.05) is 6.92 Å². The van der Waals surface area contributed by atoms with Crippen LogP contribution in [0.15, 0.2) is 42.5 Å². The molecule has 102 valence electrons. The molecule has 3 N–H and O–H groups in total. The van der Waals surface area contributed by atoms with Gasteiger partial charge in [-0.15, -0.1) is 0 Å². The molecule has 0 bridgehead atoms. The van der Waals surface area contributed by atoms with Crippen molar-refractivity contribution in [1.82, 2.24) is 0 Å². The van der Waals surface area contributed by atoms with E-state index in [1.165, 1.54) is 22.3 Å². The molecule has 0 spiro atoms. The van der Waals surface area contributed by atoms with Gasteiger partial charge in [-0.3, -0.25) is 4.79 Å². The van der Waals surface area contributed by atoms with Crippen LogP contribution < -0.4 is 11.1 Å². The van der Waals surface area contributed by atoms with Gasteiger partial charge in [-0.2, -0.15) is 0 Å². The maximum atomic E-state index is 11.0. The van der Waals surface area contributed by atoms with Crippen LogP contribution in [0.2, 0.25) is 0 Å². The van der Waals surface area contributed by atoms with Crippen molar-refractivity contribution in [1.29, 1.82) is 0 Å². The second kappa shape index (κ2) is 5.00. The summed E-state index contributed by atoms with van der Waals surface area (Å²) >= 11 is 0. The Morgan fingerprint density at radius 2 is 1.95 bits per heavy atom. The van der Waals surface area contributed by atoms with Crippen molar-refractivity contribution in [2.75, 3.05) is 11.9 Å². The molecule has 0 saturated heterocycles. The maximum absolute atomic E-state index is 11.0. The van der Waals surface area contributed by atoms with Gasteiger partial charge in [0.05, 0.1) is 5.92 Å². The Morgan fingerprint density at radius 1 is 1.20 bits per heavy atom. The predicted octanol–water partition coefficient (Wildman–Crippen LogP) is 2.79. The first kappa shape index (κ1) is 12.7. The minimum Gasteiger partial charge on any atom is -0.384 e. The minimum absolute atomic E-state index is 0.166. The lowest BCUT2D eigenvalue weighted by Crippen LogP contribution is -2.26. The highest BCUT2D eigenvalue weighted by Gasteiger charge is 2.18. The van der Waals surface area contributed by atoms with E-state index in [9.17, 15) is 4.79 Å². The summed E-state index contributed by atoms with van der Waals surface area (Å²) < 4.78 is 0. The zero-order valence-corrected chi connectivity index (χ0v) is 11.5. The lowest BCUT2D eigenvalue weighted by molar-refractivity contribution is -0.120. The summed E-state index contributed by atoms with van der Waals surface area (Å²) in [7, 11) is 0. The lowest BCUT2D eigenvalue weighted by Gasteiger charge is -2.11. The molecule has 0 aliphatic heterocycles. The third kappa shape index (κ3) is 2.27. The van der Waals surface area contributed by atoms with Gasteiger partial charge in [0.25, 0.3) is 0 Å². The molecule has 1 unspecified atom stereocenters. The number of carbonyl (C=O) groups is 1. The number of anilines is 1. The summed E-state index contributed by atoms with van der Waals surface area (Å²) in [6, 6.07) is 14.9. The van der Waals surface area contributed by atoms with E-state index in [2.05, 4.69) is 47.8 Å². The van der Waals surface area contributed by atoms with Gasteiger partial charge in [0.1, 0.15) is 0 Å². The van der Waals surface area contributed by atoms with Gasteiger partial charge < -0.3 is 11.1 Å². The highest BCUT2D eigenvalue weighted by Crippen LogP contribution is 2.37. The summed E-state index contributed by atoms with van der Waals surface area (Å²) in [5.74, 6) is -0.438. The molecule has 1 amide bonds. The van der Waals surface area contributed by atoms with Gasteiger partial charge in [-0.1, -0.05) is 37.3 Å². The molecule has 2 aromatic carbocycles. The summed E-state index contributed by atoms with van der Waals surface area (Å²) in [5.41, 5.74) is 11.7. The molecular weight excluding hydrogens is 248 g/mol. The number of nitrogens with two attached hydrogens (primary N) is 1. The number of carbonyl (C=O) groups excluding carboxylic acids is 1. The van der Waals surface area contributed by atoms with Crippen molar-refractivity contribution in [2.45, 2.75) is 13.3 Å². The van der Waals surface area contributed by atoms with Crippen LogP contribution in [-0.4, -0.2) is 12.5 Å². The van der Waals surface area contributed by atoms with Crippen molar-refractivity contribution in [2.24, 2.45) is 11.7 Å². The molecule has 3 rings (SSSR count). The number of rotatable bonds is 4. The van der Waals surface area contributed by atoms with Crippen LogP contribution in [0, 0.1) is 5.92 Å². The molecule has 3 heteroatoms. The molecule has 1 atom stereocenters. The van der Waals surface area contributed by atoms with E-state index in [0.717, 1.165) is 12.1 Å². The molecule has 0 radical (unpaired) electrons. The number of hydrogen-bond acceptors (Lipinski definition) is 2. The molecule has 0 aromatic heterocycles.